The average Bonchev–Trinajstić information content (AvgIpc) is 3.12. The van der Waals surface area contributed by atoms with Gasteiger partial charge in [-0.2, -0.15) is 0 Å². The molecule has 1 amide bonds. The molecule has 3 aromatic rings. The SMILES string of the molecule is CCc1ccc(N[C@@H]2NC(=O)/C(=C/c3ccc(OCc4cccc(F)c4)cc3)S2)cc1. The Kier molecular flexibility index (Phi) is 6.57. The first kappa shape index (κ1) is 21.0. The molecule has 0 spiro atoms. The van der Waals surface area contributed by atoms with Crippen molar-refractivity contribution in [3.8, 4) is 5.75 Å². The molecule has 1 saturated heterocycles. The van der Waals surface area contributed by atoms with Gasteiger partial charge in [-0.25, -0.2) is 4.39 Å². The number of hydrogen-bond acceptors (Lipinski definition) is 4. The number of ether oxygens (including phenoxy) is 1. The Hall–Kier alpha value is -3.25. The quantitative estimate of drug-likeness (QED) is 0.478. The van der Waals surface area contributed by atoms with Gasteiger partial charge in [-0.05, 0) is 65.6 Å². The van der Waals surface area contributed by atoms with Crippen molar-refractivity contribution >= 4 is 29.4 Å². The topological polar surface area (TPSA) is 50.4 Å². The minimum absolute atomic E-state index is 0.0980. The maximum Gasteiger partial charge on any atom is 0.260 e. The van der Waals surface area contributed by atoms with Crippen molar-refractivity contribution < 1.29 is 13.9 Å². The largest absolute Gasteiger partial charge is 0.489 e. The molecule has 4 nitrogen and oxygen atoms in total. The molecule has 0 aliphatic carbocycles. The number of aryl methyl sites for hydroxylation is 1. The first-order valence-electron chi connectivity index (χ1n) is 10.1. The van der Waals surface area contributed by atoms with Crippen LogP contribution in [-0.2, 0) is 17.8 Å². The Morgan fingerprint density at radius 3 is 2.55 bits per heavy atom. The fourth-order valence-corrected chi connectivity index (χ4v) is 4.14. The summed E-state index contributed by atoms with van der Waals surface area (Å²) in [7, 11) is 0. The second kappa shape index (κ2) is 9.71. The Bertz CT molecular complexity index is 1080. The number of benzene rings is 3. The van der Waals surface area contributed by atoms with Crippen LogP contribution in [0.1, 0.15) is 23.6 Å². The van der Waals surface area contributed by atoms with Gasteiger partial charge in [-0.15, -0.1) is 0 Å². The summed E-state index contributed by atoms with van der Waals surface area (Å²) >= 11 is 1.45. The van der Waals surface area contributed by atoms with Crippen molar-refractivity contribution in [2.45, 2.75) is 25.4 Å². The van der Waals surface area contributed by atoms with Gasteiger partial charge in [0.15, 0.2) is 5.50 Å². The van der Waals surface area contributed by atoms with E-state index in [1.807, 2.05) is 48.5 Å². The lowest BCUT2D eigenvalue weighted by Gasteiger charge is -2.12. The van der Waals surface area contributed by atoms with E-state index < -0.39 is 0 Å². The van der Waals surface area contributed by atoms with Crippen molar-refractivity contribution in [2.75, 3.05) is 5.32 Å². The molecule has 6 heteroatoms. The number of anilines is 1. The highest BCUT2D eigenvalue weighted by Gasteiger charge is 2.27. The van der Waals surface area contributed by atoms with Gasteiger partial charge in [-0.1, -0.05) is 55.1 Å². The van der Waals surface area contributed by atoms with Gasteiger partial charge in [0.05, 0.1) is 4.91 Å². The molecule has 1 fully saturated rings. The molecule has 0 saturated carbocycles. The Morgan fingerprint density at radius 2 is 1.84 bits per heavy atom. The normalized spacial score (nSPS) is 16.9. The van der Waals surface area contributed by atoms with Crippen molar-refractivity contribution in [1.29, 1.82) is 0 Å². The summed E-state index contributed by atoms with van der Waals surface area (Å²) in [6, 6.07) is 22.0. The average molecular weight is 435 g/mol. The van der Waals surface area contributed by atoms with Gasteiger partial charge in [0.25, 0.3) is 5.91 Å². The molecular formula is C25H23FN2O2S. The lowest BCUT2D eigenvalue weighted by atomic mass is 10.1. The minimum Gasteiger partial charge on any atom is -0.489 e. The van der Waals surface area contributed by atoms with E-state index in [2.05, 4.69) is 29.7 Å². The zero-order valence-electron chi connectivity index (χ0n) is 17.1. The van der Waals surface area contributed by atoms with Gasteiger partial charge in [-0.3, -0.25) is 4.79 Å². The smallest absolute Gasteiger partial charge is 0.260 e. The summed E-state index contributed by atoms with van der Waals surface area (Å²) < 4.78 is 19.0. The number of carbonyl (C=O) groups is 1. The lowest BCUT2D eigenvalue weighted by molar-refractivity contribution is -0.116. The summed E-state index contributed by atoms with van der Waals surface area (Å²) in [5.41, 5.74) is 3.71. The van der Waals surface area contributed by atoms with Crippen LogP contribution in [0.5, 0.6) is 5.75 Å². The first-order chi connectivity index (χ1) is 15.1. The number of hydrogen-bond donors (Lipinski definition) is 2. The van der Waals surface area contributed by atoms with Gasteiger partial charge in [0, 0.05) is 5.69 Å². The molecule has 0 bridgehead atoms. The van der Waals surface area contributed by atoms with Crippen LogP contribution in [-0.4, -0.2) is 11.4 Å². The van der Waals surface area contributed by atoms with Gasteiger partial charge >= 0.3 is 0 Å². The van der Waals surface area contributed by atoms with E-state index >= 15 is 0 Å². The van der Waals surface area contributed by atoms with E-state index in [0.29, 0.717) is 17.3 Å². The van der Waals surface area contributed by atoms with E-state index in [-0.39, 0.29) is 17.2 Å². The summed E-state index contributed by atoms with van der Waals surface area (Å²) in [6.07, 6.45) is 2.86. The standard InChI is InChI=1S/C25H23FN2O2S/c1-2-17-6-10-21(11-7-17)27-25-28-24(29)23(31-25)15-18-8-12-22(13-9-18)30-16-19-4-3-5-20(26)14-19/h3-15,25,27H,2,16H2,1H3,(H,28,29)/b23-15-/t25-/m1/s1. The van der Waals surface area contributed by atoms with Crippen LogP contribution in [0.4, 0.5) is 10.1 Å². The molecule has 1 aliphatic rings. The predicted octanol–water partition coefficient (Wildman–Crippen LogP) is 5.57. The Morgan fingerprint density at radius 1 is 1.06 bits per heavy atom. The van der Waals surface area contributed by atoms with E-state index in [9.17, 15) is 9.18 Å². The fourth-order valence-electron chi connectivity index (χ4n) is 3.16. The molecule has 1 aliphatic heterocycles. The van der Waals surface area contributed by atoms with Crippen LogP contribution in [0, 0.1) is 5.82 Å². The maximum atomic E-state index is 13.3. The Balaban J connectivity index is 1.34. The highest BCUT2D eigenvalue weighted by molar-refractivity contribution is 8.05. The van der Waals surface area contributed by atoms with Crippen LogP contribution in [0.3, 0.4) is 0 Å². The monoisotopic (exact) mass is 434 g/mol. The molecule has 31 heavy (non-hydrogen) atoms. The van der Waals surface area contributed by atoms with Crippen molar-refractivity contribution in [1.82, 2.24) is 5.32 Å². The van der Waals surface area contributed by atoms with E-state index in [1.54, 1.807) is 6.07 Å². The third kappa shape index (κ3) is 5.67. The maximum absolute atomic E-state index is 13.3. The lowest BCUT2D eigenvalue weighted by Crippen LogP contribution is -2.30. The third-order valence-corrected chi connectivity index (χ3v) is 5.89. The van der Waals surface area contributed by atoms with E-state index in [0.717, 1.165) is 23.2 Å². The van der Waals surface area contributed by atoms with Crippen LogP contribution in [0.25, 0.3) is 6.08 Å². The zero-order chi connectivity index (χ0) is 21.6. The van der Waals surface area contributed by atoms with Gasteiger partial charge < -0.3 is 15.4 Å². The molecule has 1 atom stereocenters. The molecule has 4 rings (SSSR count). The van der Waals surface area contributed by atoms with Gasteiger partial charge in [0.2, 0.25) is 0 Å². The molecule has 1 heterocycles. The van der Waals surface area contributed by atoms with Crippen LogP contribution in [0.15, 0.2) is 77.7 Å². The molecule has 0 radical (unpaired) electrons. The highest BCUT2D eigenvalue weighted by atomic mass is 32.2. The summed E-state index contributed by atoms with van der Waals surface area (Å²) in [5.74, 6) is 0.310. The zero-order valence-corrected chi connectivity index (χ0v) is 17.9. The van der Waals surface area contributed by atoms with Crippen molar-refractivity contribution in [2.24, 2.45) is 0 Å². The number of carbonyl (C=O) groups excluding carboxylic acids is 1. The summed E-state index contributed by atoms with van der Waals surface area (Å²) in [6.45, 7) is 2.42. The predicted molar refractivity (Wildman–Crippen MR) is 124 cm³/mol. The Labute approximate surface area is 185 Å². The molecule has 0 unspecified atom stereocenters. The van der Waals surface area contributed by atoms with Crippen LogP contribution >= 0.6 is 11.8 Å². The van der Waals surface area contributed by atoms with Crippen molar-refractivity contribution in [3.05, 3.63) is 100 Å². The van der Waals surface area contributed by atoms with Crippen molar-refractivity contribution in [3.63, 3.8) is 0 Å². The number of rotatable bonds is 7. The number of halogens is 1. The van der Waals surface area contributed by atoms with Crippen LogP contribution < -0.4 is 15.4 Å². The second-order valence-corrected chi connectivity index (χ2v) is 8.31. The number of thioether (sulfide) groups is 1. The fraction of sp³-hybridized carbons (Fsp3) is 0.160. The summed E-state index contributed by atoms with van der Waals surface area (Å²) in [4.78, 5) is 13.0. The molecule has 0 aromatic heterocycles. The van der Waals surface area contributed by atoms with Gasteiger partial charge in [0.1, 0.15) is 18.2 Å². The minimum atomic E-state index is -0.277. The first-order valence-corrected chi connectivity index (χ1v) is 11.0. The van der Waals surface area contributed by atoms with Crippen LogP contribution in [0.2, 0.25) is 0 Å². The molecule has 3 aromatic carbocycles. The van der Waals surface area contributed by atoms with E-state index in [4.69, 9.17) is 4.74 Å². The summed E-state index contributed by atoms with van der Waals surface area (Å²) in [5, 5.41) is 6.27. The molecular weight excluding hydrogens is 411 g/mol. The molecule has 158 valence electrons. The van der Waals surface area contributed by atoms with E-state index in [1.165, 1.54) is 29.5 Å². The molecule has 2 N–H and O–H groups in total. The number of nitrogens with one attached hydrogen (secondary N) is 2. The number of amides is 1. The second-order valence-electron chi connectivity index (χ2n) is 7.16. The highest BCUT2D eigenvalue weighted by Crippen LogP contribution is 2.30. The third-order valence-electron chi connectivity index (χ3n) is 4.86.